The number of rotatable bonds is 9. The minimum absolute atomic E-state index is 0.0754. The fourth-order valence-electron chi connectivity index (χ4n) is 3.30. The summed E-state index contributed by atoms with van der Waals surface area (Å²) in [6.07, 6.45) is 1.96. The third-order valence-corrected chi connectivity index (χ3v) is 4.73. The van der Waals surface area contributed by atoms with Crippen LogP contribution in [0.2, 0.25) is 0 Å². The number of amides is 1. The van der Waals surface area contributed by atoms with Crippen molar-refractivity contribution in [2.75, 3.05) is 18.5 Å². The fourth-order valence-corrected chi connectivity index (χ4v) is 3.30. The van der Waals surface area contributed by atoms with Gasteiger partial charge in [-0.3, -0.25) is 9.59 Å². The number of anilines is 1. The van der Waals surface area contributed by atoms with E-state index in [9.17, 15) is 14.4 Å². The van der Waals surface area contributed by atoms with E-state index in [-0.39, 0.29) is 30.5 Å². The Balaban J connectivity index is 1.47. The maximum Gasteiger partial charge on any atom is 0.344 e. The lowest BCUT2D eigenvalue weighted by Gasteiger charge is -2.18. The van der Waals surface area contributed by atoms with Gasteiger partial charge in [-0.1, -0.05) is 19.1 Å². The van der Waals surface area contributed by atoms with Gasteiger partial charge in [0.05, 0.1) is 0 Å². The molecule has 1 aliphatic rings. The van der Waals surface area contributed by atoms with E-state index in [4.69, 9.17) is 14.2 Å². The van der Waals surface area contributed by atoms with Crippen LogP contribution in [0.15, 0.2) is 42.5 Å². The highest BCUT2D eigenvalue weighted by atomic mass is 16.6. The van der Waals surface area contributed by atoms with Gasteiger partial charge in [0.25, 0.3) is 0 Å². The quantitative estimate of drug-likeness (QED) is 0.483. The first-order valence-electron chi connectivity index (χ1n) is 10.3. The van der Waals surface area contributed by atoms with Crippen LogP contribution in [-0.2, 0) is 20.7 Å². The van der Waals surface area contributed by atoms with Crippen molar-refractivity contribution in [1.82, 2.24) is 0 Å². The normalized spacial score (nSPS) is 13.6. The highest BCUT2D eigenvalue weighted by molar-refractivity contribution is 5.98. The van der Waals surface area contributed by atoms with E-state index in [1.807, 2.05) is 32.9 Å². The Morgan fingerprint density at radius 2 is 1.81 bits per heavy atom. The van der Waals surface area contributed by atoms with Gasteiger partial charge >= 0.3 is 5.97 Å². The molecule has 0 fully saturated rings. The molecule has 0 saturated heterocycles. The summed E-state index contributed by atoms with van der Waals surface area (Å²) < 4.78 is 16.5. The predicted octanol–water partition coefficient (Wildman–Crippen LogP) is 3.94. The Morgan fingerprint density at radius 1 is 1.06 bits per heavy atom. The summed E-state index contributed by atoms with van der Waals surface area (Å²) in [5, 5.41) is 2.75. The molecule has 1 amide bonds. The van der Waals surface area contributed by atoms with E-state index in [0.29, 0.717) is 29.2 Å². The predicted molar refractivity (Wildman–Crippen MR) is 116 cm³/mol. The van der Waals surface area contributed by atoms with Gasteiger partial charge < -0.3 is 19.5 Å². The Morgan fingerprint density at radius 3 is 2.52 bits per heavy atom. The molecule has 0 aliphatic carbocycles. The molecule has 164 valence electrons. The number of hydrogen-bond acceptors (Lipinski definition) is 6. The maximum atomic E-state index is 12.3. The monoisotopic (exact) mass is 425 g/mol. The molecule has 0 unspecified atom stereocenters. The molecule has 0 saturated carbocycles. The van der Waals surface area contributed by atoms with Gasteiger partial charge in [0.15, 0.2) is 30.5 Å². The van der Waals surface area contributed by atoms with Gasteiger partial charge in [-0.25, -0.2) is 4.79 Å². The van der Waals surface area contributed by atoms with Crippen LogP contribution in [-0.4, -0.2) is 36.5 Å². The second-order valence-corrected chi connectivity index (χ2v) is 8.03. The van der Waals surface area contributed by atoms with Crippen molar-refractivity contribution < 1.29 is 28.6 Å². The topological polar surface area (TPSA) is 90.9 Å². The number of nitrogens with one attached hydrogen (secondary N) is 1. The number of para-hydroxylation sites is 1. The molecule has 0 bridgehead atoms. The molecule has 31 heavy (non-hydrogen) atoms. The summed E-state index contributed by atoms with van der Waals surface area (Å²) in [7, 11) is 0. The summed E-state index contributed by atoms with van der Waals surface area (Å²) >= 11 is 0. The Hall–Kier alpha value is -3.35. The van der Waals surface area contributed by atoms with E-state index in [2.05, 4.69) is 5.32 Å². The number of carbonyl (C=O) groups is 3. The van der Waals surface area contributed by atoms with Crippen LogP contribution < -0.4 is 14.8 Å². The molecule has 0 atom stereocenters. The van der Waals surface area contributed by atoms with Crippen molar-refractivity contribution in [3.05, 3.63) is 53.6 Å². The number of esters is 1. The highest BCUT2D eigenvalue weighted by Crippen LogP contribution is 2.41. The fraction of sp³-hybridized carbons (Fsp3) is 0.375. The van der Waals surface area contributed by atoms with Crippen LogP contribution in [0, 0.1) is 0 Å². The van der Waals surface area contributed by atoms with Gasteiger partial charge in [0.2, 0.25) is 5.91 Å². The zero-order valence-corrected chi connectivity index (χ0v) is 18.0. The van der Waals surface area contributed by atoms with Crippen LogP contribution in [0.25, 0.3) is 0 Å². The molecule has 3 rings (SSSR count). The molecular formula is C24H27NO6. The number of carbonyl (C=O) groups excluding carboxylic acids is 3. The molecular weight excluding hydrogens is 398 g/mol. The minimum Gasteiger partial charge on any atom is -0.483 e. The van der Waals surface area contributed by atoms with Gasteiger partial charge in [-0.2, -0.15) is 0 Å². The number of fused-ring (bicyclic) bond motifs is 1. The first-order chi connectivity index (χ1) is 14.8. The minimum atomic E-state index is -0.647. The van der Waals surface area contributed by atoms with Crippen molar-refractivity contribution in [3.8, 4) is 11.5 Å². The van der Waals surface area contributed by atoms with Gasteiger partial charge in [0.1, 0.15) is 5.60 Å². The molecule has 1 heterocycles. The van der Waals surface area contributed by atoms with E-state index in [1.165, 1.54) is 0 Å². The standard InChI is InChI=1S/C24H27NO6/c1-4-6-21(27)25-18-11-9-16(10-12-18)19(26)14-30-22(28)15-29-20-8-5-7-17-13-24(2,3)31-23(17)20/h5,7-12H,4,6,13-15H2,1-3H3,(H,25,27). The maximum absolute atomic E-state index is 12.3. The largest absolute Gasteiger partial charge is 0.483 e. The zero-order chi connectivity index (χ0) is 22.4. The summed E-state index contributed by atoms with van der Waals surface area (Å²) in [4.78, 5) is 35.9. The van der Waals surface area contributed by atoms with Crippen LogP contribution in [0.5, 0.6) is 11.5 Å². The van der Waals surface area contributed by atoms with Gasteiger partial charge in [-0.05, 0) is 50.6 Å². The smallest absolute Gasteiger partial charge is 0.344 e. The van der Waals surface area contributed by atoms with Crippen LogP contribution in [0.3, 0.4) is 0 Å². The summed E-state index contributed by atoms with van der Waals surface area (Å²) in [5.41, 5.74) is 1.71. The number of hydrogen-bond donors (Lipinski definition) is 1. The molecule has 1 N–H and O–H groups in total. The third kappa shape index (κ3) is 6.07. The van der Waals surface area contributed by atoms with E-state index in [0.717, 1.165) is 18.4 Å². The lowest BCUT2D eigenvalue weighted by atomic mass is 10.0. The van der Waals surface area contributed by atoms with Crippen molar-refractivity contribution in [1.29, 1.82) is 0 Å². The lowest BCUT2D eigenvalue weighted by Crippen LogP contribution is -2.25. The highest BCUT2D eigenvalue weighted by Gasteiger charge is 2.32. The third-order valence-electron chi connectivity index (χ3n) is 4.73. The van der Waals surface area contributed by atoms with Crippen molar-refractivity contribution in [3.63, 3.8) is 0 Å². The first kappa shape index (κ1) is 22.3. The molecule has 2 aromatic carbocycles. The molecule has 0 radical (unpaired) electrons. The average molecular weight is 425 g/mol. The second kappa shape index (κ2) is 9.64. The average Bonchev–Trinajstić information content (AvgIpc) is 3.05. The second-order valence-electron chi connectivity index (χ2n) is 8.03. The summed E-state index contributed by atoms with van der Waals surface area (Å²) in [6.45, 7) is 5.19. The Labute approximate surface area is 181 Å². The molecule has 1 aliphatic heterocycles. The molecule has 7 heteroatoms. The number of ketones is 1. The Bertz CT molecular complexity index is 965. The van der Waals surface area contributed by atoms with Crippen molar-refractivity contribution >= 4 is 23.3 Å². The molecule has 0 aromatic heterocycles. The molecule has 7 nitrogen and oxygen atoms in total. The van der Waals surface area contributed by atoms with Crippen LogP contribution in [0.4, 0.5) is 5.69 Å². The number of benzene rings is 2. The van der Waals surface area contributed by atoms with Crippen molar-refractivity contribution in [2.45, 2.75) is 45.6 Å². The van der Waals surface area contributed by atoms with Crippen LogP contribution in [0.1, 0.15) is 49.5 Å². The van der Waals surface area contributed by atoms with E-state index >= 15 is 0 Å². The lowest BCUT2D eigenvalue weighted by molar-refractivity contribution is -0.144. The summed E-state index contributed by atoms with van der Waals surface area (Å²) in [6, 6.07) is 12.0. The van der Waals surface area contributed by atoms with Gasteiger partial charge in [0, 0.05) is 29.7 Å². The van der Waals surface area contributed by atoms with E-state index in [1.54, 1.807) is 30.3 Å². The van der Waals surface area contributed by atoms with E-state index < -0.39 is 5.97 Å². The first-order valence-corrected chi connectivity index (χ1v) is 10.3. The zero-order valence-electron chi connectivity index (χ0n) is 18.0. The SMILES string of the molecule is CCCC(=O)Nc1ccc(C(=O)COC(=O)COc2cccc3c2OC(C)(C)C3)cc1. The van der Waals surface area contributed by atoms with Gasteiger partial charge in [-0.15, -0.1) is 0 Å². The van der Waals surface area contributed by atoms with Crippen molar-refractivity contribution in [2.24, 2.45) is 0 Å². The number of Topliss-reactive ketones (excluding diaryl/α,β-unsaturated/α-hetero) is 1. The van der Waals surface area contributed by atoms with Crippen LogP contribution >= 0.6 is 0 Å². The molecule has 0 spiro atoms. The molecule has 2 aromatic rings. The number of ether oxygens (including phenoxy) is 3. The Kier molecular flexibility index (Phi) is 6.95. The summed E-state index contributed by atoms with van der Waals surface area (Å²) in [5.74, 6) is 0.0558.